The topological polar surface area (TPSA) is 29.5 Å². The number of thiol groups is 1. The Bertz CT molecular complexity index is 109. The lowest BCUT2D eigenvalue weighted by molar-refractivity contribution is -0.122. The van der Waals surface area contributed by atoms with Gasteiger partial charge in [-0.2, -0.15) is 0 Å². The molecule has 1 amide bonds. The van der Waals surface area contributed by atoms with Gasteiger partial charge in [0.05, 0.1) is 13.2 Å². The summed E-state index contributed by atoms with van der Waals surface area (Å²) in [6.07, 6.45) is 0.825. The first kappa shape index (κ1) is 6.89. The van der Waals surface area contributed by atoms with Gasteiger partial charge in [-0.05, 0) is 0 Å². The minimum Gasteiger partial charge on any atom is -0.364 e. The van der Waals surface area contributed by atoms with Crippen molar-refractivity contribution in [1.82, 2.24) is 4.90 Å². The van der Waals surface area contributed by atoms with E-state index in [4.69, 9.17) is 4.74 Å². The van der Waals surface area contributed by atoms with Crippen LogP contribution >= 0.6 is 12.6 Å². The average Bonchev–Trinajstić information content (AvgIpc) is 1.88. The minimum absolute atomic E-state index is 0.0936. The first-order chi connectivity index (χ1) is 4.33. The molecule has 1 saturated heterocycles. The lowest BCUT2D eigenvalue weighted by atomic mass is 10.5. The minimum atomic E-state index is -0.0936. The third kappa shape index (κ3) is 1.87. The van der Waals surface area contributed by atoms with E-state index in [9.17, 15) is 4.79 Å². The number of rotatable bonds is 1. The molecule has 1 rings (SSSR count). The maximum absolute atomic E-state index is 10.1. The maximum Gasteiger partial charge on any atom is 0.209 e. The molecule has 4 heteroatoms. The number of ether oxygens (including phenoxy) is 1. The molecule has 3 nitrogen and oxygen atoms in total. The van der Waals surface area contributed by atoms with Crippen molar-refractivity contribution in [3.63, 3.8) is 0 Å². The molecule has 52 valence electrons. The van der Waals surface area contributed by atoms with Crippen molar-refractivity contribution in [3.05, 3.63) is 0 Å². The largest absolute Gasteiger partial charge is 0.364 e. The third-order valence-corrected chi connectivity index (χ3v) is 1.54. The summed E-state index contributed by atoms with van der Waals surface area (Å²) in [4.78, 5) is 11.8. The van der Waals surface area contributed by atoms with Crippen molar-refractivity contribution in [2.75, 3.05) is 19.7 Å². The van der Waals surface area contributed by atoms with Crippen molar-refractivity contribution in [1.29, 1.82) is 0 Å². The molecular formula is C5H9NO2S. The monoisotopic (exact) mass is 147 g/mol. The summed E-state index contributed by atoms with van der Waals surface area (Å²) in [6, 6.07) is 0. The van der Waals surface area contributed by atoms with Crippen LogP contribution in [0.5, 0.6) is 0 Å². The van der Waals surface area contributed by atoms with Crippen LogP contribution < -0.4 is 0 Å². The van der Waals surface area contributed by atoms with Gasteiger partial charge in [0.15, 0.2) is 0 Å². The SMILES string of the molecule is O=CN1CCOC(S)C1. The zero-order valence-electron chi connectivity index (χ0n) is 4.99. The van der Waals surface area contributed by atoms with E-state index in [0.29, 0.717) is 19.7 Å². The van der Waals surface area contributed by atoms with Crippen molar-refractivity contribution in [2.24, 2.45) is 0 Å². The number of amides is 1. The highest BCUT2D eigenvalue weighted by atomic mass is 32.1. The molecular weight excluding hydrogens is 138 g/mol. The van der Waals surface area contributed by atoms with Gasteiger partial charge in [0.1, 0.15) is 5.44 Å². The van der Waals surface area contributed by atoms with Gasteiger partial charge in [0.25, 0.3) is 0 Å². The molecule has 0 aromatic heterocycles. The first-order valence-electron chi connectivity index (χ1n) is 2.82. The van der Waals surface area contributed by atoms with Crippen LogP contribution in [-0.2, 0) is 9.53 Å². The van der Waals surface area contributed by atoms with E-state index in [0.717, 1.165) is 6.41 Å². The quantitative estimate of drug-likeness (QED) is 0.409. The van der Waals surface area contributed by atoms with Crippen LogP contribution in [0.3, 0.4) is 0 Å². The zero-order valence-corrected chi connectivity index (χ0v) is 5.88. The molecule has 1 aliphatic heterocycles. The Hall–Kier alpha value is -0.220. The van der Waals surface area contributed by atoms with Crippen LogP contribution in [0.4, 0.5) is 0 Å². The highest BCUT2D eigenvalue weighted by Crippen LogP contribution is 2.04. The molecule has 0 bridgehead atoms. The van der Waals surface area contributed by atoms with Crippen LogP contribution in [0.15, 0.2) is 0 Å². The summed E-state index contributed by atoms with van der Waals surface area (Å²) >= 11 is 4.05. The van der Waals surface area contributed by atoms with Gasteiger partial charge < -0.3 is 9.64 Å². The number of carbonyl (C=O) groups excluding carboxylic acids is 1. The van der Waals surface area contributed by atoms with Crippen LogP contribution in [-0.4, -0.2) is 36.4 Å². The molecule has 0 radical (unpaired) electrons. The van der Waals surface area contributed by atoms with Gasteiger partial charge in [0, 0.05) is 6.54 Å². The highest BCUT2D eigenvalue weighted by molar-refractivity contribution is 7.80. The van der Waals surface area contributed by atoms with Crippen molar-refractivity contribution in [2.45, 2.75) is 5.44 Å². The van der Waals surface area contributed by atoms with Gasteiger partial charge in [-0.3, -0.25) is 4.79 Å². The molecule has 1 heterocycles. The fraction of sp³-hybridized carbons (Fsp3) is 0.800. The third-order valence-electron chi connectivity index (χ3n) is 1.23. The molecule has 9 heavy (non-hydrogen) atoms. The molecule has 1 unspecified atom stereocenters. The lowest BCUT2D eigenvalue weighted by Gasteiger charge is -2.26. The Morgan fingerprint density at radius 2 is 2.56 bits per heavy atom. The lowest BCUT2D eigenvalue weighted by Crippen LogP contribution is -2.38. The second kappa shape index (κ2) is 3.08. The van der Waals surface area contributed by atoms with Gasteiger partial charge in [-0.1, -0.05) is 0 Å². The number of morpholine rings is 1. The first-order valence-corrected chi connectivity index (χ1v) is 3.33. The van der Waals surface area contributed by atoms with Crippen LogP contribution in [0.1, 0.15) is 0 Å². The summed E-state index contributed by atoms with van der Waals surface area (Å²) in [5.41, 5.74) is -0.0936. The molecule has 0 aromatic carbocycles. The standard InChI is InChI=1S/C5H9NO2S/c7-4-6-1-2-8-5(9)3-6/h4-5,9H,1-3H2. The maximum atomic E-state index is 10.1. The normalized spacial score (nSPS) is 28.1. The summed E-state index contributed by atoms with van der Waals surface area (Å²) in [7, 11) is 0. The fourth-order valence-electron chi connectivity index (χ4n) is 0.746. The van der Waals surface area contributed by atoms with E-state index in [1.165, 1.54) is 0 Å². The molecule has 0 saturated carbocycles. The van der Waals surface area contributed by atoms with Crippen molar-refractivity contribution < 1.29 is 9.53 Å². The van der Waals surface area contributed by atoms with E-state index in [1.807, 2.05) is 0 Å². The van der Waals surface area contributed by atoms with Crippen LogP contribution in [0, 0.1) is 0 Å². The van der Waals surface area contributed by atoms with Gasteiger partial charge in [-0.15, -0.1) is 12.6 Å². The second-order valence-corrected chi connectivity index (χ2v) is 2.50. The average molecular weight is 147 g/mol. The Morgan fingerprint density at radius 3 is 3.00 bits per heavy atom. The van der Waals surface area contributed by atoms with E-state index in [2.05, 4.69) is 12.6 Å². The highest BCUT2D eigenvalue weighted by Gasteiger charge is 2.14. The molecule has 0 spiro atoms. The van der Waals surface area contributed by atoms with Crippen molar-refractivity contribution in [3.8, 4) is 0 Å². The number of hydrogen-bond acceptors (Lipinski definition) is 3. The van der Waals surface area contributed by atoms with E-state index < -0.39 is 0 Å². The zero-order chi connectivity index (χ0) is 6.69. The Labute approximate surface area is 59.4 Å². The van der Waals surface area contributed by atoms with Crippen LogP contribution in [0.25, 0.3) is 0 Å². The molecule has 0 aromatic rings. The fourth-order valence-corrected chi connectivity index (χ4v) is 1.06. The van der Waals surface area contributed by atoms with E-state index in [-0.39, 0.29) is 5.44 Å². The number of hydrogen-bond donors (Lipinski definition) is 1. The Morgan fingerprint density at radius 1 is 1.78 bits per heavy atom. The van der Waals surface area contributed by atoms with Gasteiger partial charge >= 0.3 is 0 Å². The summed E-state index contributed by atoms with van der Waals surface area (Å²) in [5, 5.41) is 0. The molecule has 0 aliphatic carbocycles. The second-order valence-electron chi connectivity index (χ2n) is 1.93. The summed E-state index contributed by atoms with van der Waals surface area (Å²) < 4.78 is 5.07. The molecule has 1 atom stereocenters. The van der Waals surface area contributed by atoms with E-state index >= 15 is 0 Å². The van der Waals surface area contributed by atoms with E-state index in [1.54, 1.807) is 4.90 Å². The molecule has 1 aliphatic rings. The summed E-state index contributed by atoms with van der Waals surface area (Å²) in [6.45, 7) is 1.90. The molecule has 1 fully saturated rings. The Kier molecular flexibility index (Phi) is 2.36. The van der Waals surface area contributed by atoms with Crippen molar-refractivity contribution >= 4 is 19.0 Å². The van der Waals surface area contributed by atoms with Crippen LogP contribution in [0.2, 0.25) is 0 Å². The summed E-state index contributed by atoms with van der Waals surface area (Å²) in [5.74, 6) is 0. The number of nitrogens with zero attached hydrogens (tertiary/aromatic N) is 1. The predicted octanol–water partition coefficient (Wildman–Crippen LogP) is -0.269. The number of carbonyl (C=O) groups is 1. The predicted molar refractivity (Wildman–Crippen MR) is 36.4 cm³/mol. The smallest absolute Gasteiger partial charge is 0.209 e. The Balaban J connectivity index is 2.31. The van der Waals surface area contributed by atoms with Gasteiger partial charge in [-0.25, -0.2) is 0 Å². The molecule has 0 N–H and O–H groups in total. The van der Waals surface area contributed by atoms with Gasteiger partial charge in [0.2, 0.25) is 6.41 Å².